The van der Waals surface area contributed by atoms with Crippen LogP contribution >= 0.6 is 0 Å². The van der Waals surface area contributed by atoms with E-state index in [9.17, 15) is 19.7 Å². The predicted octanol–water partition coefficient (Wildman–Crippen LogP) is 2.49. The summed E-state index contributed by atoms with van der Waals surface area (Å²) in [5.41, 5.74) is 0.701. The zero-order valence-electron chi connectivity index (χ0n) is 10.3. The molecule has 2 atom stereocenters. The molecular formula is C13H15NO4. The average molecular weight is 249 g/mol. The maximum absolute atomic E-state index is 11.6. The van der Waals surface area contributed by atoms with Crippen molar-refractivity contribution < 1.29 is 14.5 Å². The first kappa shape index (κ1) is 14.0. The third-order valence-corrected chi connectivity index (χ3v) is 2.94. The van der Waals surface area contributed by atoms with Gasteiger partial charge < -0.3 is 4.79 Å². The Kier molecular flexibility index (Phi) is 4.71. The van der Waals surface area contributed by atoms with Crippen LogP contribution < -0.4 is 0 Å². The fraction of sp³-hybridized carbons (Fsp3) is 0.385. The summed E-state index contributed by atoms with van der Waals surface area (Å²) in [6.45, 7) is 3.29. The molecule has 96 valence electrons. The summed E-state index contributed by atoms with van der Waals surface area (Å²) >= 11 is 0. The molecular weight excluding hydrogens is 234 g/mol. The smallest absolute Gasteiger partial charge is 0.269 e. The molecule has 1 rings (SSSR count). The molecule has 5 heteroatoms. The van der Waals surface area contributed by atoms with Crippen LogP contribution in [0.3, 0.4) is 0 Å². The van der Waals surface area contributed by atoms with Crippen molar-refractivity contribution >= 4 is 17.8 Å². The highest BCUT2D eigenvalue weighted by Gasteiger charge is 2.24. The molecule has 1 aromatic carbocycles. The second-order valence-corrected chi connectivity index (χ2v) is 4.32. The summed E-state index contributed by atoms with van der Waals surface area (Å²) in [5, 5.41) is 10.5. The molecule has 0 heterocycles. The zero-order valence-corrected chi connectivity index (χ0v) is 10.3. The Morgan fingerprint density at radius 2 is 1.94 bits per heavy atom. The number of carbonyl (C=O) groups excluding carboxylic acids is 2. The fourth-order valence-electron chi connectivity index (χ4n) is 2.06. The van der Waals surface area contributed by atoms with E-state index < -0.39 is 10.8 Å². The Morgan fingerprint density at radius 3 is 2.33 bits per heavy atom. The molecule has 0 saturated heterocycles. The van der Waals surface area contributed by atoms with E-state index in [2.05, 4.69) is 0 Å². The number of nitro benzene ring substituents is 1. The second kappa shape index (κ2) is 6.05. The van der Waals surface area contributed by atoms with Crippen LogP contribution in [0.1, 0.15) is 31.7 Å². The number of rotatable bonds is 6. The van der Waals surface area contributed by atoms with Crippen LogP contribution in [0.2, 0.25) is 0 Å². The van der Waals surface area contributed by atoms with E-state index in [1.807, 2.05) is 6.92 Å². The summed E-state index contributed by atoms with van der Waals surface area (Å²) in [6, 6.07) is 5.90. The minimum absolute atomic E-state index is 0.0101. The molecule has 0 radical (unpaired) electrons. The first-order valence-electron chi connectivity index (χ1n) is 5.65. The molecule has 5 nitrogen and oxygen atoms in total. The van der Waals surface area contributed by atoms with Crippen LogP contribution in [0.4, 0.5) is 5.69 Å². The highest BCUT2D eigenvalue weighted by molar-refractivity contribution is 5.84. The van der Waals surface area contributed by atoms with Crippen molar-refractivity contribution in [3.63, 3.8) is 0 Å². The standard InChI is InChI=1S/C13H15NO4/c1-9(7-8-15)13(10(2)16)11-3-5-12(6-4-11)14(17)18/h3-6,8-9,13H,7H2,1-2H3/t9-,13+/m1/s1. The summed E-state index contributed by atoms with van der Waals surface area (Å²) in [4.78, 5) is 32.2. The lowest BCUT2D eigenvalue weighted by Crippen LogP contribution is -2.18. The molecule has 1 aromatic rings. The van der Waals surface area contributed by atoms with E-state index in [4.69, 9.17) is 0 Å². The van der Waals surface area contributed by atoms with Gasteiger partial charge in [0.05, 0.1) is 4.92 Å². The molecule has 0 aliphatic carbocycles. The molecule has 0 fully saturated rings. The van der Waals surface area contributed by atoms with Crippen molar-refractivity contribution in [1.29, 1.82) is 0 Å². The van der Waals surface area contributed by atoms with Crippen LogP contribution in [0, 0.1) is 16.0 Å². The van der Waals surface area contributed by atoms with E-state index in [1.54, 1.807) is 12.1 Å². The molecule has 0 spiro atoms. The normalized spacial score (nSPS) is 13.7. The SMILES string of the molecule is CC(=O)[C@@H](c1ccc([N+](=O)[O-])cc1)[C@H](C)CC=O. The van der Waals surface area contributed by atoms with Crippen LogP contribution in [0.25, 0.3) is 0 Å². The Balaban J connectivity index is 3.03. The number of hydrogen-bond acceptors (Lipinski definition) is 4. The summed E-state index contributed by atoms with van der Waals surface area (Å²) in [5.74, 6) is -0.546. The van der Waals surface area contributed by atoms with Crippen LogP contribution in [0.15, 0.2) is 24.3 Å². The number of Topliss-reactive ketones (excluding diaryl/α,β-unsaturated/α-hetero) is 1. The van der Waals surface area contributed by atoms with Crippen LogP contribution in [-0.4, -0.2) is 17.0 Å². The van der Waals surface area contributed by atoms with Gasteiger partial charge in [0.25, 0.3) is 5.69 Å². The Morgan fingerprint density at radius 1 is 1.39 bits per heavy atom. The highest BCUT2D eigenvalue weighted by atomic mass is 16.6. The number of hydrogen-bond donors (Lipinski definition) is 0. The monoisotopic (exact) mass is 249 g/mol. The maximum atomic E-state index is 11.6. The van der Waals surface area contributed by atoms with Gasteiger partial charge in [-0.05, 0) is 18.4 Å². The highest BCUT2D eigenvalue weighted by Crippen LogP contribution is 2.28. The van der Waals surface area contributed by atoms with E-state index in [1.165, 1.54) is 19.1 Å². The van der Waals surface area contributed by atoms with Crippen LogP contribution in [-0.2, 0) is 9.59 Å². The quantitative estimate of drug-likeness (QED) is 0.441. The van der Waals surface area contributed by atoms with E-state index in [0.717, 1.165) is 6.29 Å². The van der Waals surface area contributed by atoms with Gasteiger partial charge >= 0.3 is 0 Å². The number of non-ortho nitro benzene ring substituents is 1. The van der Waals surface area contributed by atoms with Crippen LogP contribution in [0.5, 0.6) is 0 Å². The predicted molar refractivity (Wildman–Crippen MR) is 66.4 cm³/mol. The van der Waals surface area contributed by atoms with Gasteiger partial charge in [0.2, 0.25) is 0 Å². The number of benzene rings is 1. The van der Waals surface area contributed by atoms with Crippen molar-refractivity contribution in [2.24, 2.45) is 5.92 Å². The van der Waals surface area contributed by atoms with E-state index in [-0.39, 0.29) is 17.4 Å². The zero-order chi connectivity index (χ0) is 13.7. The average Bonchev–Trinajstić information content (AvgIpc) is 2.29. The van der Waals surface area contributed by atoms with Gasteiger partial charge in [0, 0.05) is 24.5 Å². The number of nitrogens with zero attached hydrogens (tertiary/aromatic N) is 1. The molecule has 0 bridgehead atoms. The third-order valence-electron chi connectivity index (χ3n) is 2.94. The van der Waals surface area contributed by atoms with Gasteiger partial charge in [-0.3, -0.25) is 14.9 Å². The Hall–Kier alpha value is -2.04. The summed E-state index contributed by atoms with van der Waals surface area (Å²) in [7, 11) is 0. The summed E-state index contributed by atoms with van der Waals surface area (Å²) < 4.78 is 0. The largest absolute Gasteiger partial charge is 0.303 e. The summed E-state index contributed by atoms with van der Waals surface area (Å²) in [6.07, 6.45) is 1.08. The van der Waals surface area contributed by atoms with Crippen molar-refractivity contribution in [2.75, 3.05) is 0 Å². The van der Waals surface area contributed by atoms with Gasteiger partial charge in [-0.2, -0.15) is 0 Å². The molecule has 0 unspecified atom stereocenters. The topological polar surface area (TPSA) is 77.3 Å². The first-order valence-corrected chi connectivity index (χ1v) is 5.65. The Labute approximate surface area is 105 Å². The minimum Gasteiger partial charge on any atom is -0.303 e. The molecule has 0 saturated carbocycles. The van der Waals surface area contributed by atoms with Gasteiger partial charge in [0.15, 0.2) is 0 Å². The molecule has 0 N–H and O–H groups in total. The van der Waals surface area contributed by atoms with Gasteiger partial charge in [-0.15, -0.1) is 0 Å². The second-order valence-electron chi connectivity index (χ2n) is 4.32. The maximum Gasteiger partial charge on any atom is 0.269 e. The minimum atomic E-state index is -0.485. The molecule has 0 aromatic heterocycles. The van der Waals surface area contributed by atoms with Crippen molar-refractivity contribution in [1.82, 2.24) is 0 Å². The number of aldehydes is 1. The van der Waals surface area contributed by atoms with Gasteiger partial charge in [0.1, 0.15) is 12.1 Å². The van der Waals surface area contributed by atoms with E-state index >= 15 is 0 Å². The number of nitro groups is 1. The third kappa shape index (κ3) is 3.23. The molecule has 18 heavy (non-hydrogen) atoms. The fourth-order valence-corrected chi connectivity index (χ4v) is 2.06. The van der Waals surface area contributed by atoms with E-state index in [0.29, 0.717) is 12.0 Å². The van der Waals surface area contributed by atoms with Crippen molar-refractivity contribution in [3.05, 3.63) is 39.9 Å². The lowest BCUT2D eigenvalue weighted by atomic mass is 9.83. The lowest BCUT2D eigenvalue weighted by Gasteiger charge is -2.19. The molecule has 0 aliphatic rings. The Bertz CT molecular complexity index is 453. The molecule has 0 amide bonds. The molecule has 0 aliphatic heterocycles. The van der Waals surface area contributed by atoms with Gasteiger partial charge in [-0.1, -0.05) is 19.1 Å². The first-order chi connectivity index (χ1) is 8.47. The van der Waals surface area contributed by atoms with Crippen molar-refractivity contribution in [3.8, 4) is 0 Å². The van der Waals surface area contributed by atoms with Crippen molar-refractivity contribution in [2.45, 2.75) is 26.2 Å². The number of ketones is 1. The lowest BCUT2D eigenvalue weighted by molar-refractivity contribution is -0.384. The van der Waals surface area contributed by atoms with Gasteiger partial charge in [-0.25, -0.2) is 0 Å². The number of carbonyl (C=O) groups is 2.